The van der Waals surface area contributed by atoms with Crippen molar-refractivity contribution < 1.29 is 9.18 Å². The molecule has 2 rings (SSSR count). The van der Waals surface area contributed by atoms with Gasteiger partial charge in [0.2, 0.25) is 0 Å². The molecular weight excluding hydrogens is 327 g/mol. The molecule has 0 aliphatic carbocycles. The zero-order valence-electron chi connectivity index (χ0n) is 13.9. The van der Waals surface area contributed by atoms with Gasteiger partial charge in [-0.3, -0.25) is 9.69 Å². The highest BCUT2D eigenvalue weighted by Crippen LogP contribution is 2.20. The minimum Gasteiger partial charge on any atom is -0.350 e. The zero-order valence-corrected chi connectivity index (χ0v) is 14.7. The summed E-state index contributed by atoms with van der Waals surface area (Å²) in [5, 5.41) is 3.17. The molecule has 0 saturated heterocycles. The van der Waals surface area contributed by atoms with Gasteiger partial charge >= 0.3 is 0 Å². The summed E-state index contributed by atoms with van der Waals surface area (Å²) in [6.07, 6.45) is 0. The van der Waals surface area contributed by atoms with Crippen molar-refractivity contribution in [1.82, 2.24) is 10.2 Å². The molecule has 2 aromatic carbocycles. The third-order valence-corrected chi connectivity index (χ3v) is 4.30. The van der Waals surface area contributed by atoms with Gasteiger partial charge < -0.3 is 5.32 Å². The van der Waals surface area contributed by atoms with Gasteiger partial charge in [-0.25, -0.2) is 4.39 Å². The summed E-state index contributed by atoms with van der Waals surface area (Å²) in [7, 11) is 0. The highest BCUT2D eigenvalue weighted by molar-refractivity contribution is 6.31. The predicted molar refractivity (Wildman–Crippen MR) is 95.8 cm³/mol. The Morgan fingerprint density at radius 2 is 1.83 bits per heavy atom. The number of likely N-dealkylation sites (N-methyl/N-ethyl adjacent to an activating group) is 1. The first-order valence-electron chi connectivity index (χ1n) is 8.09. The van der Waals surface area contributed by atoms with E-state index in [1.807, 2.05) is 30.3 Å². The maximum Gasteiger partial charge on any atom is 0.254 e. The van der Waals surface area contributed by atoms with E-state index in [4.69, 9.17) is 11.6 Å². The van der Waals surface area contributed by atoms with Crippen LogP contribution in [0.3, 0.4) is 0 Å². The molecule has 0 aromatic heterocycles. The smallest absolute Gasteiger partial charge is 0.254 e. The van der Waals surface area contributed by atoms with Crippen molar-refractivity contribution in [2.75, 3.05) is 19.6 Å². The molecule has 0 aliphatic heterocycles. The molecule has 3 nitrogen and oxygen atoms in total. The number of rotatable bonds is 7. The largest absolute Gasteiger partial charge is 0.350 e. The molecule has 0 radical (unpaired) electrons. The Kier molecular flexibility index (Phi) is 6.76. The fraction of sp³-hybridized carbons (Fsp3) is 0.316. The minimum atomic E-state index is -0.573. The van der Waals surface area contributed by atoms with E-state index in [1.165, 1.54) is 18.2 Å². The lowest BCUT2D eigenvalue weighted by molar-refractivity contribution is 0.0931. The van der Waals surface area contributed by atoms with Gasteiger partial charge in [0.15, 0.2) is 0 Å². The number of benzene rings is 2. The molecule has 2 aromatic rings. The number of hydrogen-bond donors (Lipinski definition) is 1. The molecular formula is C19H22ClFN2O. The first-order valence-corrected chi connectivity index (χ1v) is 8.46. The minimum absolute atomic E-state index is 0.0335. The molecule has 24 heavy (non-hydrogen) atoms. The van der Waals surface area contributed by atoms with E-state index in [0.717, 1.165) is 18.7 Å². The average Bonchev–Trinajstić information content (AvgIpc) is 2.61. The van der Waals surface area contributed by atoms with Crippen molar-refractivity contribution in [2.24, 2.45) is 0 Å². The average molecular weight is 349 g/mol. The molecule has 0 spiro atoms. The first kappa shape index (κ1) is 18.4. The van der Waals surface area contributed by atoms with Crippen LogP contribution in [0.1, 0.15) is 35.8 Å². The van der Waals surface area contributed by atoms with Gasteiger partial charge in [-0.05, 0) is 36.9 Å². The van der Waals surface area contributed by atoms with Gasteiger partial charge in [0.1, 0.15) is 5.82 Å². The second-order valence-corrected chi connectivity index (χ2v) is 5.92. The standard InChI is InChI=1S/C19H22ClFN2O/c1-3-23(4-2)18(14-8-6-5-7-9-14)13-22-19(24)16-12-15(20)10-11-17(16)21/h5-12,18H,3-4,13H2,1-2H3,(H,22,24)/t18-/m1/s1. The second-order valence-electron chi connectivity index (χ2n) is 5.48. The van der Waals surface area contributed by atoms with Crippen LogP contribution in [0.15, 0.2) is 48.5 Å². The summed E-state index contributed by atoms with van der Waals surface area (Å²) in [6, 6.07) is 14.0. The van der Waals surface area contributed by atoms with Crippen LogP contribution in [0.4, 0.5) is 4.39 Å². The van der Waals surface area contributed by atoms with Crippen LogP contribution in [0.5, 0.6) is 0 Å². The summed E-state index contributed by atoms with van der Waals surface area (Å²) in [5.41, 5.74) is 1.09. The van der Waals surface area contributed by atoms with Crippen LogP contribution in [-0.2, 0) is 0 Å². The van der Waals surface area contributed by atoms with E-state index in [2.05, 4.69) is 24.1 Å². The molecule has 128 valence electrons. The third-order valence-electron chi connectivity index (χ3n) is 4.07. The zero-order chi connectivity index (χ0) is 17.5. The van der Waals surface area contributed by atoms with E-state index in [0.29, 0.717) is 11.6 Å². The molecule has 0 bridgehead atoms. The predicted octanol–water partition coefficient (Wildman–Crippen LogP) is 4.29. The molecule has 1 atom stereocenters. The van der Waals surface area contributed by atoms with E-state index in [9.17, 15) is 9.18 Å². The van der Waals surface area contributed by atoms with Gasteiger partial charge in [-0.15, -0.1) is 0 Å². The number of nitrogens with one attached hydrogen (secondary N) is 1. The molecule has 0 fully saturated rings. The van der Waals surface area contributed by atoms with Crippen LogP contribution < -0.4 is 5.32 Å². The summed E-state index contributed by atoms with van der Waals surface area (Å²) in [6.45, 7) is 6.28. The maximum atomic E-state index is 13.8. The van der Waals surface area contributed by atoms with Crippen LogP contribution in [-0.4, -0.2) is 30.4 Å². The van der Waals surface area contributed by atoms with Crippen LogP contribution in [0, 0.1) is 5.82 Å². The third kappa shape index (κ3) is 4.56. The monoisotopic (exact) mass is 348 g/mol. The SMILES string of the molecule is CCN(CC)[C@H](CNC(=O)c1cc(Cl)ccc1F)c1ccccc1. The lowest BCUT2D eigenvalue weighted by Crippen LogP contribution is -2.38. The Balaban J connectivity index is 2.15. The Hall–Kier alpha value is -1.91. The van der Waals surface area contributed by atoms with Gasteiger partial charge in [0, 0.05) is 11.6 Å². The van der Waals surface area contributed by atoms with E-state index in [-0.39, 0.29) is 11.6 Å². The topological polar surface area (TPSA) is 32.3 Å². The second kappa shape index (κ2) is 8.81. The van der Waals surface area contributed by atoms with Crippen molar-refractivity contribution in [3.63, 3.8) is 0 Å². The molecule has 1 N–H and O–H groups in total. The van der Waals surface area contributed by atoms with E-state index < -0.39 is 11.7 Å². The molecule has 0 aliphatic rings. The molecule has 0 saturated carbocycles. The van der Waals surface area contributed by atoms with Gasteiger partial charge in [-0.2, -0.15) is 0 Å². The van der Waals surface area contributed by atoms with E-state index in [1.54, 1.807) is 0 Å². The van der Waals surface area contributed by atoms with Crippen molar-refractivity contribution in [1.29, 1.82) is 0 Å². The quantitative estimate of drug-likeness (QED) is 0.809. The molecule has 1 amide bonds. The fourth-order valence-corrected chi connectivity index (χ4v) is 2.93. The van der Waals surface area contributed by atoms with Gasteiger partial charge in [-0.1, -0.05) is 55.8 Å². The number of halogens is 2. The highest BCUT2D eigenvalue weighted by Gasteiger charge is 2.20. The number of carbonyl (C=O) groups is 1. The van der Waals surface area contributed by atoms with Crippen molar-refractivity contribution in [2.45, 2.75) is 19.9 Å². The number of carbonyl (C=O) groups excluding carboxylic acids is 1. The maximum absolute atomic E-state index is 13.8. The highest BCUT2D eigenvalue weighted by atomic mass is 35.5. The number of nitrogens with zero attached hydrogens (tertiary/aromatic N) is 1. The Labute approximate surface area is 147 Å². The molecule has 0 unspecified atom stereocenters. The Morgan fingerprint density at radius 3 is 2.46 bits per heavy atom. The Bertz CT molecular complexity index is 674. The molecule has 5 heteroatoms. The lowest BCUT2D eigenvalue weighted by atomic mass is 10.0. The van der Waals surface area contributed by atoms with E-state index >= 15 is 0 Å². The summed E-state index contributed by atoms with van der Waals surface area (Å²) in [4.78, 5) is 14.6. The number of amides is 1. The van der Waals surface area contributed by atoms with Crippen LogP contribution in [0.25, 0.3) is 0 Å². The fourth-order valence-electron chi connectivity index (χ4n) is 2.75. The first-order chi connectivity index (χ1) is 11.6. The normalized spacial score (nSPS) is 12.2. The van der Waals surface area contributed by atoms with Crippen molar-refractivity contribution in [3.05, 3.63) is 70.5 Å². The number of hydrogen-bond acceptors (Lipinski definition) is 2. The van der Waals surface area contributed by atoms with Gasteiger partial charge in [0.05, 0.1) is 11.6 Å². The summed E-state index contributed by atoms with van der Waals surface area (Å²) < 4.78 is 13.8. The van der Waals surface area contributed by atoms with Gasteiger partial charge in [0.25, 0.3) is 5.91 Å². The summed E-state index contributed by atoms with van der Waals surface area (Å²) in [5.74, 6) is -1.03. The van der Waals surface area contributed by atoms with Crippen molar-refractivity contribution >= 4 is 17.5 Å². The molecule has 0 heterocycles. The van der Waals surface area contributed by atoms with Crippen LogP contribution in [0.2, 0.25) is 5.02 Å². The summed E-state index contributed by atoms with van der Waals surface area (Å²) >= 11 is 5.86. The van der Waals surface area contributed by atoms with Crippen LogP contribution >= 0.6 is 11.6 Å². The Morgan fingerprint density at radius 1 is 1.17 bits per heavy atom. The van der Waals surface area contributed by atoms with Crippen molar-refractivity contribution in [3.8, 4) is 0 Å². The lowest BCUT2D eigenvalue weighted by Gasteiger charge is -2.30.